The van der Waals surface area contributed by atoms with Crippen molar-refractivity contribution in [1.29, 1.82) is 0 Å². The molecule has 3 aliphatic rings. The molecule has 308 valence electrons. The quantitative estimate of drug-likeness (QED) is 0.181. The lowest BCUT2D eigenvalue weighted by Crippen LogP contribution is -2.48. The second-order valence-electron chi connectivity index (χ2n) is 22.0. The van der Waals surface area contributed by atoms with E-state index in [2.05, 4.69) is 201 Å². The highest BCUT2D eigenvalue weighted by atomic mass is 32.2. The average Bonchev–Trinajstić information content (AvgIpc) is 3.48. The summed E-state index contributed by atoms with van der Waals surface area (Å²) in [5.41, 5.74) is 14.5. The van der Waals surface area contributed by atoms with E-state index < -0.39 is 0 Å². The molecule has 1 aromatic heterocycles. The minimum atomic E-state index is -0.361. The topological polar surface area (TPSA) is 37.7 Å². The van der Waals surface area contributed by atoms with Gasteiger partial charge in [0.05, 0.1) is 26.7 Å². The lowest BCUT2D eigenvalue weighted by molar-refractivity contribution is 0.262. The van der Waals surface area contributed by atoms with E-state index in [0.29, 0.717) is 0 Å². The van der Waals surface area contributed by atoms with Crippen molar-refractivity contribution in [3.63, 3.8) is 0 Å². The summed E-state index contributed by atoms with van der Waals surface area (Å²) >= 11 is 1.95. The van der Waals surface area contributed by atoms with Gasteiger partial charge in [0.1, 0.15) is 17.3 Å². The highest BCUT2D eigenvalue weighted by Gasteiger charge is 2.67. The zero-order valence-electron chi connectivity index (χ0n) is 38.7. The van der Waals surface area contributed by atoms with Crippen LogP contribution in [0.15, 0.2) is 90.1 Å². The molecule has 4 nitrogen and oxygen atoms in total. The van der Waals surface area contributed by atoms with Crippen LogP contribution in [0.25, 0.3) is 0 Å². The fourth-order valence-corrected chi connectivity index (χ4v) is 11.8. The molecule has 5 aromatic rings. The minimum Gasteiger partial charge on any atom is -0.457 e. The molecule has 1 aliphatic carbocycles. The number of hydrogen-bond acceptors (Lipinski definition) is 5. The molecule has 0 amide bonds. The van der Waals surface area contributed by atoms with Gasteiger partial charge in [-0.2, -0.15) is 0 Å². The smallest absolute Gasteiger partial charge is 0.137 e. The van der Waals surface area contributed by atoms with Crippen LogP contribution in [0.2, 0.25) is 0 Å². The van der Waals surface area contributed by atoms with E-state index in [1.165, 1.54) is 44.5 Å². The van der Waals surface area contributed by atoms with Crippen LogP contribution < -0.4 is 9.64 Å². The number of nitrogens with zero attached hydrogens (tertiary/aromatic N) is 3. The molecule has 4 aromatic carbocycles. The molecular formula is C54H65N3OS. The zero-order valence-corrected chi connectivity index (χ0v) is 39.6. The highest BCUT2D eigenvalue weighted by molar-refractivity contribution is 8.15. The maximum atomic E-state index is 6.99. The van der Waals surface area contributed by atoms with Crippen molar-refractivity contribution < 1.29 is 4.74 Å². The first-order chi connectivity index (χ1) is 27.2. The zero-order chi connectivity index (χ0) is 43.0. The molecule has 3 heterocycles. The van der Waals surface area contributed by atoms with Gasteiger partial charge in [-0.05, 0) is 124 Å². The lowest BCUT2D eigenvalue weighted by atomic mass is 9.67. The number of anilines is 3. The molecule has 0 unspecified atom stereocenters. The van der Waals surface area contributed by atoms with E-state index in [-0.39, 0.29) is 37.4 Å². The van der Waals surface area contributed by atoms with E-state index in [9.17, 15) is 0 Å². The normalized spacial score (nSPS) is 21.7. The molecular weight excluding hydrogens is 739 g/mol. The molecule has 0 radical (unpaired) electrons. The Balaban J connectivity index is 1.21. The largest absolute Gasteiger partial charge is 0.457 e. The van der Waals surface area contributed by atoms with Gasteiger partial charge in [0.2, 0.25) is 0 Å². The van der Waals surface area contributed by atoms with E-state index in [1.807, 2.05) is 18.0 Å². The summed E-state index contributed by atoms with van der Waals surface area (Å²) in [5.74, 6) is 2.55. The summed E-state index contributed by atoms with van der Waals surface area (Å²) < 4.78 is 6.74. The molecule has 0 spiro atoms. The van der Waals surface area contributed by atoms with Crippen LogP contribution in [-0.4, -0.2) is 15.6 Å². The van der Waals surface area contributed by atoms with Crippen molar-refractivity contribution in [2.75, 3.05) is 4.90 Å². The number of ether oxygens (including phenoxy) is 1. The molecule has 5 heteroatoms. The third-order valence-electron chi connectivity index (χ3n) is 14.2. The molecule has 0 N–H and O–H groups in total. The third-order valence-corrected chi connectivity index (χ3v) is 15.8. The molecule has 2 atom stereocenters. The van der Waals surface area contributed by atoms with Gasteiger partial charge in [0, 0.05) is 28.7 Å². The van der Waals surface area contributed by atoms with Crippen molar-refractivity contribution in [2.45, 2.75) is 155 Å². The van der Waals surface area contributed by atoms with Crippen LogP contribution >= 0.6 is 11.8 Å². The maximum absolute atomic E-state index is 6.99. The second-order valence-corrected chi connectivity index (χ2v) is 23.4. The van der Waals surface area contributed by atoms with Crippen LogP contribution in [0.3, 0.4) is 0 Å². The molecule has 2 aliphatic heterocycles. The number of pyridine rings is 1. The Morgan fingerprint density at radius 1 is 0.627 bits per heavy atom. The van der Waals surface area contributed by atoms with Gasteiger partial charge in [-0.15, -0.1) is 0 Å². The molecule has 0 saturated heterocycles. The predicted octanol–water partition coefficient (Wildman–Crippen LogP) is 15.0. The van der Waals surface area contributed by atoms with E-state index >= 15 is 0 Å². The highest BCUT2D eigenvalue weighted by Crippen LogP contribution is 2.68. The number of thioether (sulfide) groups is 1. The van der Waals surface area contributed by atoms with Crippen LogP contribution in [0.4, 0.5) is 17.2 Å². The summed E-state index contributed by atoms with van der Waals surface area (Å²) in [6.45, 7) is 39.6. The maximum Gasteiger partial charge on any atom is 0.137 e. The fourth-order valence-electron chi connectivity index (χ4n) is 10.1. The number of fused-ring (bicyclic) bond motifs is 5. The van der Waals surface area contributed by atoms with E-state index in [1.54, 1.807) is 0 Å². The Morgan fingerprint density at radius 3 is 1.95 bits per heavy atom. The van der Waals surface area contributed by atoms with Crippen LogP contribution in [0.5, 0.6) is 11.5 Å². The number of para-hydroxylation sites is 1. The van der Waals surface area contributed by atoms with Crippen LogP contribution in [-0.2, 0) is 31.8 Å². The first-order valence-electron chi connectivity index (χ1n) is 21.5. The summed E-state index contributed by atoms with van der Waals surface area (Å²) in [6.07, 6.45) is 1.95. The number of benzene rings is 4. The first-order valence-corrected chi connectivity index (χ1v) is 22.3. The van der Waals surface area contributed by atoms with Gasteiger partial charge in [0.15, 0.2) is 0 Å². The van der Waals surface area contributed by atoms with Gasteiger partial charge in [-0.3, -0.25) is 9.89 Å². The first kappa shape index (κ1) is 41.4. The number of hydrogen-bond donors (Lipinski definition) is 0. The van der Waals surface area contributed by atoms with Crippen molar-refractivity contribution in [3.05, 3.63) is 141 Å². The Morgan fingerprint density at radius 2 is 1.29 bits per heavy atom. The predicted molar refractivity (Wildman–Crippen MR) is 252 cm³/mol. The van der Waals surface area contributed by atoms with Crippen LogP contribution in [0.1, 0.15) is 159 Å². The van der Waals surface area contributed by atoms with E-state index in [4.69, 9.17) is 14.7 Å². The van der Waals surface area contributed by atoms with Crippen molar-refractivity contribution in [2.24, 2.45) is 4.99 Å². The van der Waals surface area contributed by atoms with Gasteiger partial charge in [-0.25, -0.2) is 4.98 Å². The monoisotopic (exact) mass is 803 g/mol. The lowest BCUT2D eigenvalue weighted by Gasteiger charge is -2.41. The van der Waals surface area contributed by atoms with Gasteiger partial charge in [-0.1, -0.05) is 144 Å². The summed E-state index contributed by atoms with van der Waals surface area (Å²) in [4.78, 5) is 13.1. The molecule has 0 fully saturated rings. The van der Waals surface area contributed by atoms with Gasteiger partial charge >= 0.3 is 0 Å². The number of rotatable bonds is 4. The Kier molecular flexibility index (Phi) is 9.17. The standard InChI is InChI=1S/C54H65N3OS/c1-32-26-33(2)44(31-37(32)47-56-54(17)52(14,15)46-40(50(9,10)11)27-35(49(6,7)8)28-41(46)53(54,16)59-47)58-36-22-23-39-43(30-36)57(42-21-19-18-20-38(42)51(39,12)13)45-29-34(24-25-55-45)48(3,4)5/h18-31H,1-17H3/t53-,54+/m0/s1. The number of aromatic nitrogens is 1. The summed E-state index contributed by atoms with van der Waals surface area (Å²) in [6, 6.07) is 29.3. The van der Waals surface area contributed by atoms with Crippen molar-refractivity contribution in [3.8, 4) is 11.5 Å². The van der Waals surface area contributed by atoms with Crippen molar-refractivity contribution in [1.82, 2.24) is 4.98 Å². The number of aryl methyl sites for hydroxylation is 2. The summed E-state index contributed by atoms with van der Waals surface area (Å²) in [5, 5.41) is 1.09. The van der Waals surface area contributed by atoms with Gasteiger partial charge < -0.3 is 4.74 Å². The van der Waals surface area contributed by atoms with Crippen LogP contribution in [0, 0.1) is 13.8 Å². The molecule has 8 rings (SSSR count). The van der Waals surface area contributed by atoms with Crippen molar-refractivity contribution >= 4 is 34.0 Å². The second kappa shape index (κ2) is 13.1. The Labute approximate surface area is 359 Å². The SMILES string of the molecule is Cc1cc(C)c(C2=N[C@]3(C)C(C)(C)c4c(C(C)(C)C)cc(C(C)(C)C)cc4[C@]3(C)S2)cc1Oc1ccc2c(c1)N(c1cc(C(C)(C)C)ccn1)c1ccccc1C2(C)C. The molecule has 0 saturated carbocycles. The average molecular weight is 804 g/mol. The fraction of sp³-hybridized carbons (Fsp3) is 0.444. The van der Waals surface area contributed by atoms with Gasteiger partial charge in [0.25, 0.3) is 0 Å². The number of aliphatic imine (C=N–C) groups is 1. The van der Waals surface area contributed by atoms with E-state index in [0.717, 1.165) is 44.9 Å². The molecule has 0 bridgehead atoms. The third kappa shape index (κ3) is 6.22. The molecule has 59 heavy (non-hydrogen) atoms. The summed E-state index contributed by atoms with van der Waals surface area (Å²) in [7, 11) is 0. The Bertz CT molecular complexity index is 2570. The minimum absolute atomic E-state index is 0.00476. The Hall–Kier alpha value is -4.35.